The van der Waals surface area contributed by atoms with Gasteiger partial charge in [-0.3, -0.25) is 0 Å². The van der Waals surface area contributed by atoms with Gasteiger partial charge in [0.1, 0.15) is 0 Å². The van der Waals surface area contributed by atoms with E-state index in [0.717, 1.165) is 39.1 Å². The van der Waals surface area contributed by atoms with Crippen LogP contribution >= 0.6 is 0 Å². The minimum atomic E-state index is 0.790. The fraction of sp³-hybridized carbons (Fsp3) is 0.778. The normalized spacial score (nSPS) is 9.45. The van der Waals surface area contributed by atoms with Crippen LogP contribution in [0, 0.1) is 12.3 Å². The number of nitrogens with one attached hydrogen (secondary N) is 1. The molecule has 64 valence electrons. The number of terminal acetylenes is 1. The van der Waals surface area contributed by atoms with Crippen LogP contribution in [0.25, 0.3) is 0 Å². The monoisotopic (exact) mass is 155 g/mol. The van der Waals surface area contributed by atoms with Crippen LogP contribution < -0.4 is 5.32 Å². The molecular weight excluding hydrogens is 138 g/mol. The Morgan fingerprint density at radius 3 is 2.82 bits per heavy atom. The highest BCUT2D eigenvalue weighted by Crippen LogP contribution is 1.78. The Kier molecular flexibility index (Phi) is 9.03. The standard InChI is InChI=1S/C9H17NO/c1-3-5-6-10-7-9-11-8-4-2/h1,10H,4-9H2,2H3. The van der Waals surface area contributed by atoms with Crippen molar-refractivity contribution in [2.24, 2.45) is 0 Å². The lowest BCUT2D eigenvalue weighted by atomic mass is 10.4. The Morgan fingerprint density at radius 1 is 1.36 bits per heavy atom. The minimum Gasteiger partial charge on any atom is -0.380 e. The number of hydrogen-bond acceptors (Lipinski definition) is 2. The van der Waals surface area contributed by atoms with Crippen molar-refractivity contribution in [2.75, 3.05) is 26.3 Å². The first-order valence-corrected chi connectivity index (χ1v) is 4.13. The highest BCUT2D eigenvalue weighted by molar-refractivity contribution is 4.83. The van der Waals surface area contributed by atoms with Gasteiger partial charge in [-0.2, -0.15) is 0 Å². The summed E-state index contributed by atoms with van der Waals surface area (Å²) in [5.41, 5.74) is 0. The zero-order chi connectivity index (χ0) is 8.36. The van der Waals surface area contributed by atoms with Gasteiger partial charge in [0.2, 0.25) is 0 Å². The summed E-state index contributed by atoms with van der Waals surface area (Å²) in [5, 5.41) is 3.18. The van der Waals surface area contributed by atoms with E-state index in [-0.39, 0.29) is 0 Å². The van der Waals surface area contributed by atoms with Crippen LogP contribution in [0.3, 0.4) is 0 Å². The van der Waals surface area contributed by atoms with Crippen LogP contribution in [-0.2, 0) is 4.74 Å². The van der Waals surface area contributed by atoms with E-state index < -0.39 is 0 Å². The van der Waals surface area contributed by atoms with Gasteiger partial charge in [0.25, 0.3) is 0 Å². The Hall–Kier alpha value is -0.520. The van der Waals surface area contributed by atoms with E-state index in [1.54, 1.807) is 0 Å². The minimum absolute atomic E-state index is 0.790. The lowest BCUT2D eigenvalue weighted by Gasteiger charge is -2.02. The van der Waals surface area contributed by atoms with Gasteiger partial charge in [0.15, 0.2) is 0 Å². The summed E-state index contributed by atoms with van der Waals surface area (Å²) in [6, 6.07) is 0. The molecule has 2 nitrogen and oxygen atoms in total. The molecule has 1 N–H and O–H groups in total. The summed E-state index contributed by atoms with van der Waals surface area (Å²) in [6.45, 7) is 5.55. The summed E-state index contributed by atoms with van der Waals surface area (Å²) in [5.74, 6) is 2.57. The first-order chi connectivity index (χ1) is 5.41. The van der Waals surface area contributed by atoms with Crippen molar-refractivity contribution in [1.29, 1.82) is 0 Å². The van der Waals surface area contributed by atoms with E-state index in [4.69, 9.17) is 11.2 Å². The van der Waals surface area contributed by atoms with E-state index in [9.17, 15) is 0 Å². The van der Waals surface area contributed by atoms with Gasteiger partial charge in [0, 0.05) is 26.1 Å². The Balaban J connectivity index is 2.75. The smallest absolute Gasteiger partial charge is 0.0590 e. The maximum atomic E-state index is 5.25. The molecule has 0 unspecified atom stereocenters. The quantitative estimate of drug-likeness (QED) is 0.438. The molecule has 0 aromatic rings. The van der Waals surface area contributed by atoms with E-state index >= 15 is 0 Å². The number of rotatable bonds is 7. The first kappa shape index (κ1) is 10.5. The molecule has 0 saturated carbocycles. The Morgan fingerprint density at radius 2 is 2.18 bits per heavy atom. The van der Waals surface area contributed by atoms with Crippen molar-refractivity contribution in [1.82, 2.24) is 5.32 Å². The highest BCUT2D eigenvalue weighted by Gasteiger charge is 1.85. The van der Waals surface area contributed by atoms with Crippen LogP contribution in [0.2, 0.25) is 0 Å². The summed E-state index contributed by atoms with van der Waals surface area (Å²) in [4.78, 5) is 0. The van der Waals surface area contributed by atoms with Gasteiger partial charge >= 0.3 is 0 Å². The number of ether oxygens (including phenoxy) is 1. The zero-order valence-corrected chi connectivity index (χ0v) is 7.23. The second-order valence-electron chi connectivity index (χ2n) is 2.32. The third-order valence-corrected chi connectivity index (χ3v) is 1.22. The molecule has 0 spiro atoms. The molecule has 0 amide bonds. The molecule has 0 aliphatic heterocycles. The first-order valence-electron chi connectivity index (χ1n) is 4.13. The fourth-order valence-corrected chi connectivity index (χ4v) is 0.676. The molecule has 0 rings (SSSR count). The van der Waals surface area contributed by atoms with Crippen molar-refractivity contribution in [3.8, 4) is 12.3 Å². The van der Waals surface area contributed by atoms with Gasteiger partial charge in [-0.15, -0.1) is 12.3 Å². The third kappa shape index (κ3) is 9.48. The van der Waals surface area contributed by atoms with Gasteiger partial charge in [-0.1, -0.05) is 6.92 Å². The summed E-state index contributed by atoms with van der Waals surface area (Å²) in [6.07, 6.45) is 6.96. The summed E-state index contributed by atoms with van der Waals surface area (Å²) in [7, 11) is 0. The van der Waals surface area contributed by atoms with Crippen molar-refractivity contribution in [2.45, 2.75) is 19.8 Å². The van der Waals surface area contributed by atoms with Gasteiger partial charge < -0.3 is 10.1 Å². The molecule has 0 aromatic carbocycles. The molecule has 0 radical (unpaired) electrons. The van der Waals surface area contributed by atoms with Crippen molar-refractivity contribution >= 4 is 0 Å². The van der Waals surface area contributed by atoms with Crippen LogP contribution in [0.4, 0.5) is 0 Å². The molecule has 0 heterocycles. The predicted molar refractivity (Wildman–Crippen MR) is 47.4 cm³/mol. The maximum absolute atomic E-state index is 5.25. The summed E-state index contributed by atoms with van der Waals surface area (Å²) >= 11 is 0. The van der Waals surface area contributed by atoms with E-state index in [1.807, 2.05) is 0 Å². The molecule has 2 heteroatoms. The topological polar surface area (TPSA) is 21.3 Å². The molecule has 0 aromatic heterocycles. The van der Waals surface area contributed by atoms with Crippen molar-refractivity contribution < 1.29 is 4.74 Å². The van der Waals surface area contributed by atoms with E-state index in [0.29, 0.717) is 0 Å². The van der Waals surface area contributed by atoms with Crippen LogP contribution in [0.15, 0.2) is 0 Å². The van der Waals surface area contributed by atoms with Crippen LogP contribution in [0.1, 0.15) is 19.8 Å². The highest BCUT2D eigenvalue weighted by atomic mass is 16.5. The second kappa shape index (κ2) is 9.48. The van der Waals surface area contributed by atoms with E-state index in [2.05, 4.69) is 18.2 Å². The van der Waals surface area contributed by atoms with Gasteiger partial charge in [-0.25, -0.2) is 0 Å². The average Bonchev–Trinajstić information content (AvgIpc) is 2.03. The largest absolute Gasteiger partial charge is 0.380 e. The SMILES string of the molecule is C#CCCNCCOCCC. The van der Waals surface area contributed by atoms with Gasteiger partial charge in [-0.05, 0) is 6.42 Å². The predicted octanol–water partition coefficient (Wildman–Crippen LogP) is 1.03. The fourth-order valence-electron chi connectivity index (χ4n) is 0.676. The van der Waals surface area contributed by atoms with Crippen LogP contribution in [-0.4, -0.2) is 26.3 Å². The van der Waals surface area contributed by atoms with Crippen molar-refractivity contribution in [3.63, 3.8) is 0 Å². The average molecular weight is 155 g/mol. The van der Waals surface area contributed by atoms with Crippen LogP contribution in [0.5, 0.6) is 0 Å². The lowest BCUT2D eigenvalue weighted by Crippen LogP contribution is -2.20. The van der Waals surface area contributed by atoms with Crippen molar-refractivity contribution in [3.05, 3.63) is 0 Å². The van der Waals surface area contributed by atoms with Gasteiger partial charge in [0.05, 0.1) is 6.61 Å². The van der Waals surface area contributed by atoms with E-state index in [1.165, 1.54) is 0 Å². The lowest BCUT2D eigenvalue weighted by molar-refractivity contribution is 0.137. The third-order valence-electron chi connectivity index (χ3n) is 1.22. The molecular formula is C9H17NO. The maximum Gasteiger partial charge on any atom is 0.0590 e. The molecule has 0 aliphatic rings. The second-order valence-corrected chi connectivity index (χ2v) is 2.32. The molecule has 0 bridgehead atoms. The zero-order valence-electron chi connectivity index (χ0n) is 7.23. The summed E-state index contributed by atoms with van der Waals surface area (Å²) < 4.78 is 5.25. The Bertz CT molecular complexity index is 107. The Labute approximate surface area is 69.3 Å². The molecule has 0 fully saturated rings. The molecule has 0 aliphatic carbocycles. The number of hydrogen-bond donors (Lipinski definition) is 1. The molecule has 0 atom stereocenters. The molecule has 0 saturated heterocycles. The molecule has 11 heavy (non-hydrogen) atoms.